The number of nitrogens with one attached hydrogen (secondary N) is 2. The van der Waals surface area contributed by atoms with Gasteiger partial charge in [0.2, 0.25) is 0 Å². The summed E-state index contributed by atoms with van der Waals surface area (Å²) in [6, 6.07) is 0. The lowest BCUT2D eigenvalue weighted by Crippen LogP contribution is -2.26. The minimum absolute atomic E-state index is 0.0903. The zero-order chi connectivity index (χ0) is 5.54. The topological polar surface area (TPSA) is 58.2 Å². The van der Waals surface area contributed by atoms with Crippen molar-refractivity contribution in [2.75, 3.05) is 6.67 Å². The van der Waals surface area contributed by atoms with Gasteiger partial charge in [0.1, 0.15) is 0 Å². The molecule has 4 nitrogen and oxygen atoms in total. The lowest BCUT2D eigenvalue weighted by atomic mass is 11.0. The summed E-state index contributed by atoms with van der Waals surface area (Å²) in [6.07, 6.45) is 2.72. The van der Waals surface area contributed by atoms with Crippen molar-refractivity contribution >= 4 is 12.8 Å². The van der Waals surface area contributed by atoms with E-state index in [1.54, 1.807) is 0 Å². The summed E-state index contributed by atoms with van der Waals surface area (Å²) >= 11 is 0. The van der Waals surface area contributed by atoms with Crippen molar-refractivity contribution in [1.29, 1.82) is 0 Å². The van der Waals surface area contributed by atoms with Gasteiger partial charge in [0.15, 0.2) is 0 Å². The van der Waals surface area contributed by atoms with Crippen LogP contribution in [0.1, 0.15) is 0 Å². The van der Waals surface area contributed by atoms with Crippen molar-refractivity contribution in [2.24, 2.45) is 0 Å². The third-order valence-corrected chi connectivity index (χ3v) is 0.321. The van der Waals surface area contributed by atoms with Crippen LogP contribution in [0.5, 0.6) is 0 Å². The van der Waals surface area contributed by atoms with E-state index < -0.39 is 0 Å². The van der Waals surface area contributed by atoms with Gasteiger partial charge >= 0.3 is 12.8 Å². The van der Waals surface area contributed by atoms with Crippen LogP contribution in [0.15, 0.2) is 0 Å². The molecule has 0 rings (SSSR count). The standard InChI is InChI=1S/C3H4N2O2/c6-2-4-1-5-3-7/h1H2,(H,4,6)(H,5,7). The molecule has 0 fully saturated rings. The number of amides is 2. The third kappa shape index (κ3) is 4.94. The predicted octanol–water partition coefficient (Wildman–Crippen LogP) is -1.74. The van der Waals surface area contributed by atoms with E-state index in [9.17, 15) is 9.59 Å². The van der Waals surface area contributed by atoms with E-state index in [1.807, 2.05) is 0 Å². The molecule has 2 amide bonds. The highest BCUT2D eigenvalue weighted by atomic mass is 16.1. The maximum absolute atomic E-state index is 9.27. The largest absolute Gasteiger partial charge is 0.330 e. The minimum atomic E-state index is 0.0903. The van der Waals surface area contributed by atoms with Crippen molar-refractivity contribution in [2.45, 2.75) is 0 Å². The SMILES string of the molecule is O=[C]NCN[C]=O. The van der Waals surface area contributed by atoms with Gasteiger partial charge in [-0.15, -0.1) is 0 Å². The van der Waals surface area contributed by atoms with Gasteiger partial charge in [-0.2, -0.15) is 0 Å². The van der Waals surface area contributed by atoms with E-state index in [2.05, 4.69) is 10.6 Å². The maximum Gasteiger partial charge on any atom is 0.310 e. The lowest BCUT2D eigenvalue weighted by molar-refractivity contribution is 0.528. The van der Waals surface area contributed by atoms with Gasteiger partial charge in [-0.05, 0) is 0 Å². The van der Waals surface area contributed by atoms with Crippen LogP contribution in [0.2, 0.25) is 0 Å². The van der Waals surface area contributed by atoms with Crippen molar-refractivity contribution in [3.05, 3.63) is 0 Å². The van der Waals surface area contributed by atoms with E-state index in [4.69, 9.17) is 0 Å². The third-order valence-electron chi connectivity index (χ3n) is 0.321. The predicted molar refractivity (Wildman–Crippen MR) is 22.5 cm³/mol. The van der Waals surface area contributed by atoms with Crippen molar-refractivity contribution in [1.82, 2.24) is 10.6 Å². The second kappa shape index (κ2) is 4.94. The summed E-state index contributed by atoms with van der Waals surface area (Å²) < 4.78 is 0. The fourth-order valence-corrected chi connectivity index (χ4v) is 0.116. The molecule has 4 heteroatoms. The second-order valence-corrected chi connectivity index (χ2v) is 0.734. The Morgan fingerprint density at radius 3 is 1.86 bits per heavy atom. The molecule has 0 aromatic rings. The fourth-order valence-electron chi connectivity index (χ4n) is 0.116. The molecule has 0 saturated carbocycles. The van der Waals surface area contributed by atoms with Crippen molar-refractivity contribution < 1.29 is 9.59 Å². The average Bonchev–Trinajstić information content (AvgIpc) is 1.69. The number of hydrogen-bond donors (Lipinski definition) is 2. The first-order valence-electron chi connectivity index (χ1n) is 1.62. The molecular formula is C3H4N2O2. The van der Waals surface area contributed by atoms with Crippen LogP contribution in [0, 0.1) is 0 Å². The summed E-state index contributed by atoms with van der Waals surface area (Å²) in [6.45, 7) is 0.0903. The Hall–Kier alpha value is -1.06. The van der Waals surface area contributed by atoms with E-state index in [1.165, 1.54) is 12.8 Å². The van der Waals surface area contributed by atoms with E-state index in [0.29, 0.717) is 0 Å². The van der Waals surface area contributed by atoms with Gasteiger partial charge in [-0.1, -0.05) is 0 Å². The van der Waals surface area contributed by atoms with Gasteiger partial charge in [-0.25, -0.2) is 0 Å². The summed E-state index contributed by atoms with van der Waals surface area (Å²) in [7, 11) is 0. The Bertz CT molecular complexity index is 56.0. The summed E-state index contributed by atoms with van der Waals surface area (Å²) in [4.78, 5) is 18.5. The van der Waals surface area contributed by atoms with Gasteiger partial charge in [-0.3, -0.25) is 9.59 Å². The van der Waals surface area contributed by atoms with E-state index in [0.717, 1.165) is 0 Å². The Morgan fingerprint density at radius 1 is 1.14 bits per heavy atom. The number of hydrogen-bond acceptors (Lipinski definition) is 2. The van der Waals surface area contributed by atoms with Gasteiger partial charge in [0, 0.05) is 0 Å². The van der Waals surface area contributed by atoms with Gasteiger partial charge in [0.05, 0.1) is 6.67 Å². The van der Waals surface area contributed by atoms with Crippen molar-refractivity contribution in [3.63, 3.8) is 0 Å². The highest BCUT2D eigenvalue weighted by Crippen LogP contribution is 1.35. The highest BCUT2D eigenvalue weighted by Gasteiger charge is 1.74. The first-order valence-corrected chi connectivity index (χ1v) is 1.62. The first-order chi connectivity index (χ1) is 3.41. The molecule has 0 aromatic carbocycles. The monoisotopic (exact) mass is 100 g/mol. The van der Waals surface area contributed by atoms with Crippen LogP contribution in [-0.4, -0.2) is 19.5 Å². The van der Waals surface area contributed by atoms with Crippen LogP contribution < -0.4 is 10.6 Å². The molecule has 0 heterocycles. The normalized spacial score (nSPS) is 6.86. The Kier molecular flexibility index (Phi) is 4.19. The van der Waals surface area contributed by atoms with E-state index in [-0.39, 0.29) is 6.67 Å². The van der Waals surface area contributed by atoms with Crippen LogP contribution in [0.4, 0.5) is 0 Å². The lowest BCUT2D eigenvalue weighted by Gasteiger charge is -1.88. The first kappa shape index (κ1) is 5.94. The molecule has 0 bridgehead atoms. The molecule has 7 heavy (non-hydrogen) atoms. The molecule has 2 N–H and O–H groups in total. The molecule has 0 spiro atoms. The maximum atomic E-state index is 9.27. The summed E-state index contributed by atoms with van der Waals surface area (Å²) in [5.41, 5.74) is 0. The van der Waals surface area contributed by atoms with Crippen molar-refractivity contribution in [3.8, 4) is 0 Å². The van der Waals surface area contributed by atoms with Crippen LogP contribution >= 0.6 is 0 Å². The molecule has 0 aromatic heterocycles. The molecule has 38 valence electrons. The molecule has 0 aliphatic rings. The molecule has 0 aliphatic heterocycles. The summed E-state index contributed by atoms with van der Waals surface area (Å²) in [5.74, 6) is 0. The average molecular weight is 100 g/mol. The highest BCUT2D eigenvalue weighted by molar-refractivity contribution is 5.50. The zero-order valence-corrected chi connectivity index (χ0v) is 3.52. The van der Waals surface area contributed by atoms with Crippen LogP contribution in [0.3, 0.4) is 0 Å². The second-order valence-electron chi connectivity index (χ2n) is 0.734. The van der Waals surface area contributed by atoms with E-state index >= 15 is 0 Å². The molecule has 0 atom stereocenters. The fraction of sp³-hybridized carbons (Fsp3) is 0.333. The zero-order valence-electron chi connectivity index (χ0n) is 3.52. The number of carbonyl (C=O) groups excluding carboxylic acids is 2. The van der Waals surface area contributed by atoms with Crippen LogP contribution in [0.25, 0.3) is 0 Å². The molecule has 0 unspecified atom stereocenters. The molecule has 2 radical (unpaired) electrons. The quantitative estimate of drug-likeness (QED) is 0.250. The Labute approximate surface area is 40.9 Å². The van der Waals surface area contributed by atoms with Gasteiger partial charge in [0.25, 0.3) is 0 Å². The minimum Gasteiger partial charge on any atom is -0.330 e. The Balaban J connectivity index is 2.68. The smallest absolute Gasteiger partial charge is 0.310 e. The summed E-state index contributed by atoms with van der Waals surface area (Å²) in [5, 5.41) is 4.14. The molecule has 0 aliphatic carbocycles. The van der Waals surface area contributed by atoms with Crippen LogP contribution in [-0.2, 0) is 9.59 Å². The van der Waals surface area contributed by atoms with Gasteiger partial charge < -0.3 is 10.6 Å². The molecule has 0 saturated heterocycles. The Morgan fingerprint density at radius 2 is 1.57 bits per heavy atom. The molecular weight excluding hydrogens is 96.0 g/mol. The number of rotatable bonds is 4.